The molecule has 1 aromatic rings. The van der Waals surface area contributed by atoms with Crippen LogP contribution in [0.2, 0.25) is 0 Å². The lowest BCUT2D eigenvalue weighted by Gasteiger charge is -2.35. The van der Waals surface area contributed by atoms with E-state index in [4.69, 9.17) is 4.74 Å². The standard InChI is InChI=1S/C15H16BrF3O3/c1-22-11-8-9(15(17,18)19)7-10(16)12(11)14(13(20)21)5-3-2-4-6-14/h7-8H,2-6H2,1H3,(H,20,21). The predicted molar refractivity (Wildman–Crippen MR) is 78.1 cm³/mol. The molecule has 1 aromatic carbocycles. The fourth-order valence-electron chi connectivity index (χ4n) is 3.10. The van der Waals surface area contributed by atoms with E-state index in [1.165, 1.54) is 7.11 Å². The highest BCUT2D eigenvalue weighted by Crippen LogP contribution is 2.48. The van der Waals surface area contributed by atoms with Crippen molar-refractivity contribution in [3.8, 4) is 5.75 Å². The van der Waals surface area contributed by atoms with Crippen molar-refractivity contribution in [1.29, 1.82) is 0 Å². The molecule has 1 N–H and O–H groups in total. The van der Waals surface area contributed by atoms with Gasteiger partial charge in [0.2, 0.25) is 0 Å². The highest BCUT2D eigenvalue weighted by atomic mass is 79.9. The third-order valence-corrected chi connectivity index (χ3v) is 4.82. The first-order chi connectivity index (χ1) is 10.2. The largest absolute Gasteiger partial charge is 0.496 e. The quantitative estimate of drug-likeness (QED) is 0.821. The Morgan fingerprint density at radius 1 is 1.27 bits per heavy atom. The van der Waals surface area contributed by atoms with E-state index in [1.807, 2.05) is 0 Å². The van der Waals surface area contributed by atoms with Gasteiger partial charge in [0.05, 0.1) is 18.1 Å². The van der Waals surface area contributed by atoms with Gasteiger partial charge < -0.3 is 9.84 Å². The van der Waals surface area contributed by atoms with Gasteiger partial charge in [-0.05, 0) is 25.0 Å². The number of methoxy groups -OCH3 is 1. The van der Waals surface area contributed by atoms with Gasteiger partial charge in [0.1, 0.15) is 5.75 Å². The molecule has 0 bridgehead atoms. The van der Waals surface area contributed by atoms with E-state index in [-0.39, 0.29) is 10.2 Å². The number of hydrogen-bond acceptors (Lipinski definition) is 2. The Balaban J connectivity index is 2.65. The summed E-state index contributed by atoms with van der Waals surface area (Å²) in [5, 5.41) is 9.72. The maximum atomic E-state index is 12.9. The van der Waals surface area contributed by atoms with Crippen molar-refractivity contribution in [2.45, 2.75) is 43.7 Å². The first-order valence-corrected chi connectivity index (χ1v) is 7.70. The first-order valence-electron chi connectivity index (χ1n) is 6.91. The molecule has 3 nitrogen and oxygen atoms in total. The fraction of sp³-hybridized carbons (Fsp3) is 0.533. The predicted octanol–water partition coefficient (Wildman–Crippen LogP) is 4.76. The maximum absolute atomic E-state index is 12.9. The third kappa shape index (κ3) is 2.95. The second-order valence-electron chi connectivity index (χ2n) is 5.48. The monoisotopic (exact) mass is 380 g/mol. The van der Waals surface area contributed by atoms with Crippen LogP contribution in [0.25, 0.3) is 0 Å². The second-order valence-corrected chi connectivity index (χ2v) is 6.34. The molecular formula is C15H16BrF3O3. The Labute approximate surface area is 134 Å². The summed E-state index contributed by atoms with van der Waals surface area (Å²) in [7, 11) is 1.25. The molecule has 0 amide bonds. The number of rotatable bonds is 3. The zero-order valence-corrected chi connectivity index (χ0v) is 13.6. The summed E-state index contributed by atoms with van der Waals surface area (Å²) in [5.74, 6) is -1.06. The molecule has 0 radical (unpaired) electrons. The molecule has 0 aromatic heterocycles. The molecule has 0 spiro atoms. The number of carboxylic acids is 1. The Hall–Kier alpha value is -1.24. The van der Waals surface area contributed by atoms with Crippen LogP contribution in [0.3, 0.4) is 0 Å². The molecule has 7 heteroatoms. The molecule has 0 aliphatic heterocycles. The Morgan fingerprint density at radius 2 is 1.86 bits per heavy atom. The van der Waals surface area contributed by atoms with Crippen LogP contribution in [0.4, 0.5) is 13.2 Å². The van der Waals surface area contributed by atoms with E-state index in [1.54, 1.807) is 0 Å². The van der Waals surface area contributed by atoms with Crippen molar-refractivity contribution in [2.24, 2.45) is 0 Å². The number of benzene rings is 1. The summed E-state index contributed by atoms with van der Waals surface area (Å²) in [6.07, 6.45) is -1.36. The van der Waals surface area contributed by atoms with Gasteiger partial charge in [-0.2, -0.15) is 13.2 Å². The molecule has 122 valence electrons. The first kappa shape index (κ1) is 17.1. The molecule has 0 heterocycles. The summed E-state index contributed by atoms with van der Waals surface area (Å²) >= 11 is 3.13. The van der Waals surface area contributed by atoms with Gasteiger partial charge in [-0.3, -0.25) is 4.79 Å². The lowest BCUT2D eigenvalue weighted by molar-refractivity contribution is -0.145. The average molecular weight is 381 g/mol. The molecular weight excluding hydrogens is 365 g/mol. The molecule has 2 rings (SSSR count). The van der Waals surface area contributed by atoms with Crippen LogP contribution in [-0.2, 0) is 16.4 Å². The van der Waals surface area contributed by atoms with Gasteiger partial charge in [0.25, 0.3) is 0 Å². The molecule has 1 saturated carbocycles. The Bertz CT molecular complexity index is 578. The van der Waals surface area contributed by atoms with Crippen molar-refractivity contribution in [2.75, 3.05) is 7.11 Å². The zero-order valence-electron chi connectivity index (χ0n) is 12.0. The number of alkyl halides is 3. The molecule has 1 aliphatic carbocycles. The summed E-state index contributed by atoms with van der Waals surface area (Å²) in [6.45, 7) is 0. The smallest absolute Gasteiger partial charge is 0.416 e. The maximum Gasteiger partial charge on any atom is 0.416 e. The van der Waals surface area contributed by atoms with Crippen molar-refractivity contribution >= 4 is 21.9 Å². The molecule has 0 saturated heterocycles. The fourth-order valence-corrected chi connectivity index (χ4v) is 3.92. The van der Waals surface area contributed by atoms with Gasteiger partial charge in [-0.15, -0.1) is 0 Å². The van der Waals surface area contributed by atoms with Crippen LogP contribution >= 0.6 is 15.9 Å². The van der Waals surface area contributed by atoms with Crippen LogP contribution in [0.5, 0.6) is 5.75 Å². The average Bonchev–Trinajstić information content (AvgIpc) is 2.45. The minimum Gasteiger partial charge on any atom is -0.496 e. The molecule has 0 unspecified atom stereocenters. The van der Waals surface area contributed by atoms with Gasteiger partial charge in [0.15, 0.2) is 0 Å². The topological polar surface area (TPSA) is 46.5 Å². The Morgan fingerprint density at radius 3 is 2.32 bits per heavy atom. The summed E-state index contributed by atoms with van der Waals surface area (Å²) in [6, 6.07) is 1.80. The van der Waals surface area contributed by atoms with E-state index >= 15 is 0 Å². The van der Waals surface area contributed by atoms with Crippen LogP contribution in [0.15, 0.2) is 16.6 Å². The van der Waals surface area contributed by atoms with Crippen LogP contribution in [-0.4, -0.2) is 18.2 Å². The summed E-state index contributed by atoms with van der Waals surface area (Å²) in [5.41, 5.74) is -1.77. The summed E-state index contributed by atoms with van der Waals surface area (Å²) < 4.78 is 44.0. The minimum absolute atomic E-state index is 0.0361. The highest BCUT2D eigenvalue weighted by Gasteiger charge is 2.45. The molecule has 0 atom stereocenters. The number of hydrogen-bond donors (Lipinski definition) is 1. The number of carboxylic acid groups (broad SMARTS) is 1. The molecule has 1 fully saturated rings. The number of ether oxygens (including phenoxy) is 1. The second kappa shape index (κ2) is 6.10. The van der Waals surface area contributed by atoms with Gasteiger partial charge in [0, 0.05) is 10.0 Å². The van der Waals surface area contributed by atoms with Crippen LogP contribution < -0.4 is 4.74 Å². The van der Waals surface area contributed by atoms with E-state index in [2.05, 4.69) is 15.9 Å². The third-order valence-electron chi connectivity index (χ3n) is 4.20. The van der Waals surface area contributed by atoms with Gasteiger partial charge in [-0.1, -0.05) is 35.2 Å². The van der Waals surface area contributed by atoms with E-state index < -0.39 is 23.1 Å². The van der Waals surface area contributed by atoms with Crippen molar-refractivity contribution in [1.82, 2.24) is 0 Å². The van der Waals surface area contributed by atoms with E-state index in [9.17, 15) is 23.1 Å². The normalized spacial score (nSPS) is 18.0. The van der Waals surface area contributed by atoms with E-state index in [0.717, 1.165) is 31.4 Å². The number of halogens is 4. The van der Waals surface area contributed by atoms with Gasteiger partial charge in [-0.25, -0.2) is 0 Å². The minimum atomic E-state index is -4.52. The SMILES string of the molecule is COc1cc(C(F)(F)F)cc(Br)c1C1(C(=O)O)CCCCC1. The lowest BCUT2D eigenvalue weighted by Crippen LogP contribution is -2.38. The molecule has 1 aliphatic rings. The van der Waals surface area contributed by atoms with Crippen LogP contribution in [0, 0.1) is 0 Å². The number of aliphatic carboxylic acids is 1. The summed E-state index contributed by atoms with van der Waals surface area (Å²) in [4.78, 5) is 11.9. The lowest BCUT2D eigenvalue weighted by atomic mass is 9.69. The highest BCUT2D eigenvalue weighted by molar-refractivity contribution is 9.10. The van der Waals surface area contributed by atoms with Crippen molar-refractivity contribution in [3.05, 3.63) is 27.7 Å². The van der Waals surface area contributed by atoms with Crippen LogP contribution in [0.1, 0.15) is 43.2 Å². The zero-order chi connectivity index (χ0) is 16.5. The van der Waals surface area contributed by atoms with E-state index in [0.29, 0.717) is 18.4 Å². The number of carbonyl (C=O) groups is 1. The molecule has 22 heavy (non-hydrogen) atoms. The van der Waals surface area contributed by atoms with Crippen molar-refractivity contribution in [3.63, 3.8) is 0 Å². The Kier molecular flexibility index (Phi) is 4.75. The van der Waals surface area contributed by atoms with Gasteiger partial charge >= 0.3 is 12.1 Å². The van der Waals surface area contributed by atoms with Crippen molar-refractivity contribution < 1.29 is 27.8 Å².